The van der Waals surface area contributed by atoms with Crippen LogP contribution in [0.25, 0.3) is 0 Å². The Morgan fingerprint density at radius 1 is 0.812 bits per heavy atom. The van der Waals surface area contributed by atoms with Crippen molar-refractivity contribution in [1.29, 1.82) is 0 Å². The lowest BCUT2D eigenvalue weighted by atomic mass is 10.0. The van der Waals surface area contributed by atoms with Crippen molar-refractivity contribution in [3.8, 4) is 0 Å². The van der Waals surface area contributed by atoms with Crippen LogP contribution in [0.15, 0.2) is 30.3 Å². The second-order valence-corrected chi connectivity index (χ2v) is 5.24. The fourth-order valence-corrected chi connectivity index (χ4v) is 2.34. The van der Waals surface area contributed by atoms with Gasteiger partial charge in [-0.1, -0.05) is 75.3 Å². The van der Waals surface area contributed by atoms with Gasteiger partial charge in [-0.25, -0.2) is 0 Å². The second kappa shape index (κ2) is 6.73. The molecule has 0 heteroatoms. The monoisotopic (exact) mass is 216 g/mol. The first-order chi connectivity index (χ1) is 7.95. The van der Waals surface area contributed by atoms with Gasteiger partial charge in [-0.3, -0.25) is 0 Å². The number of hydrogen-bond acceptors (Lipinski definition) is 0. The molecule has 0 heterocycles. The lowest BCUT2D eigenvalue weighted by Crippen LogP contribution is -1.86. The van der Waals surface area contributed by atoms with E-state index in [2.05, 4.69) is 30.3 Å². The zero-order chi connectivity index (χ0) is 11.1. The summed E-state index contributed by atoms with van der Waals surface area (Å²) >= 11 is 0. The molecule has 0 spiro atoms. The molecule has 0 radical (unpaired) electrons. The predicted octanol–water partition coefficient (Wildman–Crippen LogP) is 4.98. The summed E-state index contributed by atoms with van der Waals surface area (Å²) < 4.78 is 0. The van der Waals surface area contributed by atoms with E-state index in [1.807, 2.05) is 0 Å². The Hall–Kier alpha value is -0.780. The highest BCUT2D eigenvalue weighted by molar-refractivity contribution is 5.14. The van der Waals surface area contributed by atoms with E-state index in [0.717, 1.165) is 5.92 Å². The molecule has 16 heavy (non-hydrogen) atoms. The molecule has 0 aromatic heterocycles. The summed E-state index contributed by atoms with van der Waals surface area (Å²) in [6.07, 6.45) is 13.0. The summed E-state index contributed by atoms with van der Waals surface area (Å²) in [4.78, 5) is 0. The van der Waals surface area contributed by atoms with Gasteiger partial charge in [-0.15, -0.1) is 0 Å². The van der Waals surface area contributed by atoms with Gasteiger partial charge >= 0.3 is 0 Å². The molecule has 1 fully saturated rings. The lowest BCUT2D eigenvalue weighted by Gasteiger charge is -2.02. The number of hydrogen-bond donors (Lipinski definition) is 0. The fraction of sp³-hybridized carbons (Fsp3) is 0.625. The molecular weight excluding hydrogens is 192 g/mol. The average molecular weight is 216 g/mol. The molecule has 0 N–H and O–H groups in total. The van der Waals surface area contributed by atoms with Gasteiger partial charge in [0.1, 0.15) is 0 Å². The largest absolute Gasteiger partial charge is 0.0622 e. The topological polar surface area (TPSA) is 0 Å². The molecule has 2 rings (SSSR count). The van der Waals surface area contributed by atoms with Crippen molar-refractivity contribution in [3.63, 3.8) is 0 Å². The SMILES string of the molecule is c1ccc(CCCCCCCC2CC2)cc1. The smallest absolute Gasteiger partial charge is 0.0279 e. The maximum absolute atomic E-state index is 2.24. The summed E-state index contributed by atoms with van der Waals surface area (Å²) in [7, 11) is 0. The predicted molar refractivity (Wildman–Crippen MR) is 70.6 cm³/mol. The van der Waals surface area contributed by atoms with Crippen LogP contribution in [0, 0.1) is 5.92 Å². The maximum atomic E-state index is 2.24. The van der Waals surface area contributed by atoms with Crippen LogP contribution in [0.1, 0.15) is 56.9 Å². The van der Waals surface area contributed by atoms with Crippen LogP contribution in [0.4, 0.5) is 0 Å². The Bertz CT molecular complexity index is 271. The van der Waals surface area contributed by atoms with Crippen LogP contribution in [-0.4, -0.2) is 0 Å². The van der Waals surface area contributed by atoms with Crippen LogP contribution in [-0.2, 0) is 6.42 Å². The standard InChI is InChI=1S/C16H24/c1(3-6-12-16-13-14-16)2-5-9-15-10-7-4-8-11-15/h4,7-8,10-11,16H,1-3,5-6,9,12-14H2. The Morgan fingerprint density at radius 3 is 2.25 bits per heavy atom. The van der Waals surface area contributed by atoms with E-state index >= 15 is 0 Å². The maximum Gasteiger partial charge on any atom is -0.0279 e. The van der Waals surface area contributed by atoms with Crippen molar-refractivity contribution in [2.45, 2.75) is 57.8 Å². The van der Waals surface area contributed by atoms with Crippen LogP contribution >= 0.6 is 0 Å². The van der Waals surface area contributed by atoms with Crippen LogP contribution in [0.5, 0.6) is 0 Å². The molecule has 1 saturated carbocycles. The normalized spacial score (nSPS) is 15.2. The van der Waals surface area contributed by atoms with E-state index in [0.29, 0.717) is 0 Å². The van der Waals surface area contributed by atoms with E-state index in [1.54, 1.807) is 0 Å². The second-order valence-electron chi connectivity index (χ2n) is 5.24. The highest BCUT2D eigenvalue weighted by Gasteiger charge is 2.19. The van der Waals surface area contributed by atoms with Gasteiger partial charge in [0.05, 0.1) is 0 Å². The highest BCUT2D eigenvalue weighted by Crippen LogP contribution is 2.34. The van der Waals surface area contributed by atoms with Crippen molar-refractivity contribution < 1.29 is 0 Å². The molecule has 1 aromatic rings. The Morgan fingerprint density at radius 2 is 1.50 bits per heavy atom. The number of rotatable bonds is 8. The molecule has 0 amide bonds. The van der Waals surface area contributed by atoms with E-state index in [4.69, 9.17) is 0 Å². The lowest BCUT2D eigenvalue weighted by molar-refractivity contribution is 0.571. The van der Waals surface area contributed by atoms with E-state index in [9.17, 15) is 0 Å². The molecule has 88 valence electrons. The van der Waals surface area contributed by atoms with Gasteiger partial charge in [0.25, 0.3) is 0 Å². The third-order valence-electron chi connectivity index (χ3n) is 3.62. The minimum atomic E-state index is 1.13. The zero-order valence-corrected chi connectivity index (χ0v) is 10.3. The summed E-state index contributed by atoms with van der Waals surface area (Å²) in [5.74, 6) is 1.13. The third-order valence-corrected chi connectivity index (χ3v) is 3.62. The number of aryl methyl sites for hydroxylation is 1. The molecular formula is C16H24. The van der Waals surface area contributed by atoms with Gasteiger partial charge in [0.2, 0.25) is 0 Å². The zero-order valence-electron chi connectivity index (χ0n) is 10.3. The summed E-state index contributed by atoms with van der Waals surface area (Å²) in [5, 5.41) is 0. The average Bonchev–Trinajstić information content (AvgIpc) is 3.13. The third kappa shape index (κ3) is 4.83. The van der Waals surface area contributed by atoms with Crippen molar-refractivity contribution in [3.05, 3.63) is 35.9 Å². The van der Waals surface area contributed by atoms with Gasteiger partial charge in [0, 0.05) is 0 Å². The molecule has 0 atom stereocenters. The molecule has 0 saturated heterocycles. The van der Waals surface area contributed by atoms with Gasteiger partial charge in [0.15, 0.2) is 0 Å². The van der Waals surface area contributed by atoms with Crippen LogP contribution < -0.4 is 0 Å². The molecule has 1 aliphatic rings. The van der Waals surface area contributed by atoms with E-state index in [1.165, 1.54) is 63.4 Å². The quantitative estimate of drug-likeness (QED) is 0.538. The Balaban J connectivity index is 1.42. The minimum Gasteiger partial charge on any atom is -0.0622 e. The van der Waals surface area contributed by atoms with E-state index in [-0.39, 0.29) is 0 Å². The summed E-state index contributed by atoms with van der Waals surface area (Å²) in [6.45, 7) is 0. The van der Waals surface area contributed by atoms with Crippen molar-refractivity contribution in [2.75, 3.05) is 0 Å². The Kier molecular flexibility index (Phi) is 4.92. The van der Waals surface area contributed by atoms with Crippen molar-refractivity contribution in [2.24, 2.45) is 5.92 Å². The summed E-state index contributed by atoms with van der Waals surface area (Å²) in [6, 6.07) is 10.9. The molecule has 1 aliphatic carbocycles. The molecule has 0 unspecified atom stereocenters. The van der Waals surface area contributed by atoms with Gasteiger partial charge in [-0.2, -0.15) is 0 Å². The van der Waals surface area contributed by atoms with Gasteiger partial charge < -0.3 is 0 Å². The van der Waals surface area contributed by atoms with Crippen molar-refractivity contribution >= 4 is 0 Å². The molecule has 0 nitrogen and oxygen atoms in total. The highest BCUT2D eigenvalue weighted by atomic mass is 14.3. The molecule has 0 aliphatic heterocycles. The van der Waals surface area contributed by atoms with Crippen LogP contribution in [0.2, 0.25) is 0 Å². The van der Waals surface area contributed by atoms with E-state index < -0.39 is 0 Å². The van der Waals surface area contributed by atoms with Crippen LogP contribution in [0.3, 0.4) is 0 Å². The Labute approximate surface area is 100 Å². The number of unbranched alkanes of at least 4 members (excludes halogenated alkanes) is 4. The number of benzene rings is 1. The first-order valence-corrected chi connectivity index (χ1v) is 6.99. The fourth-order valence-electron chi connectivity index (χ4n) is 2.34. The van der Waals surface area contributed by atoms with Crippen molar-refractivity contribution in [1.82, 2.24) is 0 Å². The minimum absolute atomic E-state index is 1.13. The first-order valence-electron chi connectivity index (χ1n) is 6.99. The first kappa shape index (κ1) is 11.7. The molecule has 0 bridgehead atoms. The van der Waals surface area contributed by atoms with Gasteiger partial charge in [-0.05, 0) is 24.3 Å². The molecule has 1 aromatic carbocycles. The summed E-state index contributed by atoms with van der Waals surface area (Å²) in [5.41, 5.74) is 1.50.